The summed E-state index contributed by atoms with van der Waals surface area (Å²) in [7, 11) is -0.352. The van der Waals surface area contributed by atoms with Crippen LogP contribution in [0.1, 0.15) is 39.2 Å². The second kappa shape index (κ2) is 8.02. The molecule has 0 radical (unpaired) electrons. The van der Waals surface area contributed by atoms with Crippen LogP contribution in [0.15, 0.2) is 30.3 Å². The quantitative estimate of drug-likeness (QED) is 0.560. The Morgan fingerprint density at radius 1 is 1.24 bits per heavy atom. The van der Waals surface area contributed by atoms with Crippen LogP contribution in [0.5, 0.6) is 0 Å². The van der Waals surface area contributed by atoms with Crippen LogP contribution >= 0.6 is 0 Å². The molecular weight excluding hydrogens is 330 g/mol. The number of carbonyl (C=O) groups is 1. The van der Waals surface area contributed by atoms with E-state index in [-0.39, 0.29) is 23.2 Å². The number of hydrogen-bond acceptors (Lipinski definition) is 4. The molecule has 2 rings (SSSR count). The van der Waals surface area contributed by atoms with Crippen LogP contribution in [0, 0.1) is 0 Å². The maximum atomic E-state index is 11.8. The molecular formula is C20H33NO3Si. The summed E-state index contributed by atoms with van der Waals surface area (Å²) in [5, 5.41) is 0.192. The first-order chi connectivity index (χ1) is 11.6. The first-order valence-electron chi connectivity index (χ1n) is 9.15. The van der Waals surface area contributed by atoms with E-state index in [9.17, 15) is 4.79 Å². The van der Waals surface area contributed by atoms with Crippen molar-refractivity contribution in [2.75, 3.05) is 13.7 Å². The van der Waals surface area contributed by atoms with Crippen molar-refractivity contribution in [1.82, 2.24) is 4.90 Å². The standard InChI is InChI=1S/C20H33NO3Si/c1-20(2,3)25(5,6)24-18-12-17(13-19(22)23-4)21(15-18)14-16-10-8-7-9-11-16/h7-11,17-18H,12-15H2,1-6H3/t17-,18+/m0/s1. The second-order valence-corrected chi connectivity index (χ2v) is 13.3. The summed E-state index contributed by atoms with van der Waals surface area (Å²) in [6.07, 6.45) is 1.52. The first kappa shape index (κ1) is 20.1. The fourth-order valence-corrected chi connectivity index (χ4v) is 4.47. The van der Waals surface area contributed by atoms with Gasteiger partial charge in [-0.05, 0) is 30.1 Å². The molecule has 0 aromatic heterocycles. The lowest BCUT2D eigenvalue weighted by Crippen LogP contribution is -2.44. The highest BCUT2D eigenvalue weighted by Gasteiger charge is 2.42. The van der Waals surface area contributed by atoms with Crippen molar-refractivity contribution in [2.24, 2.45) is 0 Å². The normalized spacial score (nSPS) is 22.2. The van der Waals surface area contributed by atoms with Gasteiger partial charge in [0.05, 0.1) is 19.6 Å². The van der Waals surface area contributed by atoms with Gasteiger partial charge in [-0.3, -0.25) is 9.69 Å². The minimum Gasteiger partial charge on any atom is -0.469 e. The zero-order valence-corrected chi connectivity index (χ0v) is 17.5. The maximum Gasteiger partial charge on any atom is 0.307 e. The van der Waals surface area contributed by atoms with Gasteiger partial charge in [-0.15, -0.1) is 0 Å². The predicted octanol–water partition coefficient (Wildman–Crippen LogP) is 4.21. The Kier molecular flexibility index (Phi) is 6.46. The average Bonchev–Trinajstić information content (AvgIpc) is 2.87. The van der Waals surface area contributed by atoms with Crippen molar-refractivity contribution in [3.63, 3.8) is 0 Å². The zero-order chi connectivity index (χ0) is 18.7. The lowest BCUT2D eigenvalue weighted by molar-refractivity contribution is -0.141. The molecule has 140 valence electrons. The van der Waals surface area contributed by atoms with Crippen LogP contribution in [-0.4, -0.2) is 45.0 Å². The van der Waals surface area contributed by atoms with E-state index < -0.39 is 8.32 Å². The third-order valence-electron chi connectivity index (χ3n) is 5.62. The van der Waals surface area contributed by atoms with E-state index in [4.69, 9.17) is 9.16 Å². The van der Waals surface area contributed by atoms with Crippen LogP contribution in [0.3, 0.4) is 0 Å². The van der Waals surface area contributed by atoms with E-state index in [1.54, 1.807) is 0 Å². The van der Waals surface area contributed by atoms with Gasteiger partial charge in [0.25, 0.3) is 0 Å². The minimum absolute atomic E-state index is 0.143. The van der Waals surface area contributed by atoms with Gasteiger partial charge in [-0.25, -0.2) is 0 Å². The number of benzene rings is 1. The third-order valence-corrected chi connectivity index (χ3v) is 10.2. The Bertz CT molecular complexity index is 568. The van der Waals surface area contributed by atoms with Crippen molar-refractivity contribution in [3.05, 3.63) is 35.9 Å². The Labute approximate surface area is 153 Å². The summed E-state index contributed by atoms with van der Waals surface area (Å²) in [6.45, 7) is 13.1. The van der Waals surface area contributed by atoms with E-state index in [0.29, 0.717) is 6.42 Å². The van der Waals surface area contributed by atoms with E-state index in [2.05, 4.69) is 63.0 Å². The number of hydrogen-bond donors (Lipinski definition) is 0. The fraction of sp³-hybridized carbons (Fsp3) is 0.650. The monoisotopic (exact) mass is 363 g/mol. The molecule has 0 saturated carbocycles. The molecule has 1 aliphatic heterocycles. The van der Waals surface area contributed by atoms with Gasteiger partial charge in [-0.1, -0.05) is 51.1 Å². The predicted molar refractivity (Wildman–Crippen MR) is 104 cm³/mol. The molecule has 0 spiro atoms. The summed E-state index contributed by atoms with van der Waals surface area (Å²) in [5.41, 5.74) is 1.27. The maximum absolute atomic E-state index is 11.8. The molecule has 1 aliphatic rings. The number of ether oxygens (including phenoxy) is 1. The lowest BCUT2D eigenvalue weighted by Gasteiger charge is -2.38. The molecule has 1 heterocycles. The van der Waals surface area contributed by atoms with Gasteiger partial charge < -0.3 is 9.16 Å². The number of esters is 1. The second-order valence-electron chi connectivity index (χ2n) is 8.58. The summed E-state index contributed by atoms with van der Waals surface area (Å²) in [5.74, 6) is -0.143. The van der Waals surface area contributed by atoms with Crippen molar-refractivity contribution in [2.45, 2.75) is 70.4 Å². The SMILES string of the molecule is COC(=O)C[C@@H]1C[C@@H](O[Si](C)(C)C(C)(C)C)CN1Cc1ccccc1. The molecule has 1 fully saturated rings. The van der Waals surface area contributed by atoms with E-state index in [1.807, 2.05) is 6.07 Å². The molecule has 2 atom stereocenters. The van der Waals surface area contributed by atoms with Crippen LogP contribution in [0.4, 0.5) is 0 Å². The van der Waals surface area contributed by atoms with Crippen molar-refractivity contribution in [1.29, 1.82) is 0 Å². The first-order valence-corrected chi connectivity index (χ1v) is 12.1. The van der Waals surface area contributed by atoms with Crippen LogP contribution < -0.4 is 0 Å². The lowest BCUT2D eigenvalue weighted by atomic mass is 10.1. The number of carbonyl (C=O) groups excluding carboxylic acids is 1. The van der Waals surface area contributed by atoms with Crippen LogP contribution in [0.2, 0.25) is 18.1 Å². The van der Waals surface area contributed by atoms with Gasteiger partial charge in [0.15, 0.2) is 8.32 Å². The largest absolute Gasteiger partial charge is 0.469 e. The molecule has 0 N–H and O–H groups in total. The van der Waals surface area contributed by atoms with Gasteiger partial charge in [0, 0.05) is 19.1 Å². The molecule has 0 unspecified atom stereocenters. The molecule has 4 nitrogen and oxygen atoms in total. The highest BCUT2D eigenvalue weighted by molar-refractivity contribution is 6.74. The van der Waals surface area contributed by atoms with E-state index >= 15 is 0 Å². The van der Waals surface area contributed by atoms with Crippen molar-refractivity contribution < 1.29 is 14.0 Å². The summed E-state index contributed by atoms with van der Waals surface area (Å²) in [6, 6.07) is 10.6. The highest BCUT2D eigenvalue weighted by Crippen LogP contribution is 2.39. The summed E-state index contributed by atoms with van der Waals surface area (Å²) in [4.78, 5) is 14.2. The molecule has 5 heteroatoms. The molecule has 0 aliphatic carbocycles. The molecule has 1 aromatic carbocycles. The van der Waals surface area contributed by atoms with E-state index in [1.165, 1.54) is 12.7 Å². The Morgan fingerprint density at radius 3 is 2.44 bits per heavy atom. The summed E-state index contributed by atoms with van der Waals surface area (Å²) >= 11 is 0. The molecule has 1 aromatic rings. The smallest absolute Gasteiger partial charge is 0.307 e. The Hall–Kier alpha value is -1.17. The number of likely N-dealkylation sites (tertiary alicyclic amines) is 1. The number of nitrogens with zero attached hydrogens (tertiary/aromatic N) is 1. The van der Waals surface area contributed by atoms with Crippen molar-refractivity contribution >= 4 is 14.3 Å². The summed E-state index contributed by atoms with van der Waals surface area (Å²) < 4.78 is 11.5. The average molecular weight is 364 g/mol. The molecule has 0 amide bonds. The Morgan fingerprint density at radius 2 is 1.88 bits per heavy atom. The van der Waals surface area contributed by atoms with Crippen molar-refractivity contribution in [3.8, 4) is 0 Å². The fourth-order valence-electron chi connectivity index (χ4n) is 3.12. The highest BCUT2D eigenvalue weighted by atomic mass is 28.4. The van der Waals surface area contributed by atoms with Crippen LogP contribution in [-0.2, 0) is 20.5 Å². The third kappa shape index (κ3) is 5.40. The van der Waals surface area contributed by atoms with Gasteiger partial charge >= 0.3 is 5.97 Å². The number of methoxy groups -OCH3 is 1. The topological polar surface area (TPSA) is 38.8 Å². The van der Waals surface area contributed by atoms with Gasteiger partial charge in [0.2, 0.25) is 0 Å². The molecule has 0 bridgehead atoms. The Balaban J connectivity index is 2.09. The minimum atomic E-state index is -1.81. The van der Waals surface area contributed by atoms with Crippen LogP contribution in [0.25, 0.3) is 0 Å². The van der Waals surface area contributed by atoms with E-state index in [0.717, 1.165) is 19.5 Å². The zero-order valence-electron chi connectivity index (χ0n) is 16.5. The molecule has 25 heavy (non-hydrogen) atoms. The van der Waals surface area contributed by atoms with Gasteiger partial charge in [-0.2, -0.15) is 0 Å². The number of rotatable bonds is 6. The van der Waals surface area contributed by atoms with Gasteiger partial charge in [0.1, 0.15) is 0 Å². The molecule has 1 saturated heterocycles.